The number of aryl methyl sites for hydroxylation is 1. The van der Waals surface area contributed by atoms with Crippen molar-refractivity contribution >= 4 is 11.6 Å². The van der Waals surface area contributed by atoms with Crippen LogP contribution in [0.3, 0.4) is 0 Å². The molecule has 2 aromatic rings. The van der Waals surface area contributed by atoms with Gasteiger partial charge < -0.3 is 5.32 Å². The van der Waals surface area contributed by atoms with E-state index in [2.05, 4.69) is 25.8 Å². The normalized spacial score (nSPS) is 12.9. The van der Waals surface area contributed by atoms with Gasteiger partial charge in [0.25, 0.3) is 0 Å². The number of aromatic nitrogens is 5. The van der Waals surface area contributed by atoms with Gasteiger partial charge in [-0.1, -0.05) is 11.6 Å². The molecule has 2 N–H and O–H groups in total. The van der Waals surface area contributed by atoms with Gasteiger partial charge in [0.05, 0.1) is 29.2 Å². The van der Waals surface area contributed by atoms with Gasteiger partial charge in [-0.25, -0.2) is 0 Å². The molecule has 1 atom stereocenters. The SMILES string of the molecule is CCn1ncc(Cl)c1C(NC)c1cn[nH]n1. The molecule has 86 valence electrons. The van der Waals surface area contributed by atoms with Crippen molar-refractivity contribution in [3.8, 4) is 0 Å². The van der Waals surface area contributed by atoms with Gasteiger partial charge in [-0.15, -0.1) is 0 Å². The summed E-state index contributed by atoms with van der Waals surface area (Å²) in [6.45, 7) is 2.78. The summed E-state index contributed by atoms with van der Waals surface area (Å²) in [5.74, 6) is 0. The molecule has 0 saturated heterocycles. The molecule has 0 bridgehead atoms. The van der Waals surface area contributed by atoms with Crippen molar-refractivity contribution < 1.29 is 0 Å². The molecule has 16 heavy (non-hydrogen) atoms. The molecular formula is C9H13ClN6. The number of aromatic amines is 1. The smallest absolute Gasteiger partial charge is 0.106 e. The van der Waals surface area contributed by atoms with E-state index in [0.29, 0.717) is 5.02 Å². The highest BCUT2D eigenvalue weighted by Gasteiger charge is 2.22. The Kier molecular flexibility index (Phi) is 3.21. The first-order chi connectivity index (χ1) is 7.77. The molecule has 7 heteroatoms. The van der Waals surface area contributed by atoms with Gasteiger partial charge in [-0.3, -0.25) is 4.68 Å². The monoisotopic (exact) mass is 240 g/mol. The average Bonchev–Trinajstić information content (AvgIpc) is 2.91. The summed E-state index contributed by atoms with van der Waals surface area (Å²) < 4.78 is 1.85. The molecule has 0 aliphatic rings. The minimum absolute atomic E-state index is 0.103. The maximum absolute atomic E-state index is 6.13. The molecule has 0 amide bonds. The lowest BCUT2D eigenvalue weighted by Crippen LogP contribution is -2.22. The lowest BCUT2D eigenvalue weighted by atomic mass is 10.1. The molecule has 2 aromatic heterocycles. The van der Waals surface area contributed by atoms with Crippen molar-refractivity contribution in [1.29, 1.82) is 0 Å². The summed E-state index contributed by atoms with van der Waals surface area (Å²) in [6.07, 6.45) is 3.31. The van der Waals surface area contributed by atoms with Crippen LogP contribution in [0.2, 0.25) is 5.02 Å². The summed E-state index contributed by atoms with van der Waals surface area (Å²) in [7, 11) is 1.85. The molecule has 0 spiro atoms. The average molecular weight is 241 g/mol. The lowest BCUT2D eigenvalue weighted by Gasteiger charge is -2.15. The first kappa shape index (κ1) is 11.1. The number of rotatable bonds is 4. The fourth-order valence-corrected chi connectivity index (χ4v) is 1.94. The molecule has 2 rings (SSSR count). The second kappa shape index (κ2) is 4.63. The minimum atomic E-state index is -0.103. The van der Waals surface area contributed by atoms with E-state index in [1.165, 1.54) is 0 Å². The third kappa shape index (κ3) is 1.81. The van der Waals surface area contributed by atoms with E-state index in [1.807, 2.05) is 18.7 Å². The zero-order chi connectivity index (χ0) is 11.5. The van der Waals surface area contributed by atoms with E-state index >= 15 is 0 Å². The number of H-pyrrole nitrogens is 1. The number of nitrogens with zero attached hydrogens (tertiary/aromatic N) is 4. The highest BCUT2D eigenvalue weighted by Crippen LogP contribution is 2.26. The minimum Gasteiger partial charge on any atom is -0.307 e. The quantitative estimate of drug-likeness (QED) is 0.836. The molecule has 0 saturated carbocycles. The van der Waals surface area contributed by atoms with E-state index in [1.54, 1.807) is 12.4 Å². The highest BCUT2D eigenvalue weighted by molar-refractivity contribution is 6.31. The van der Waals surface area contributed by atoms with E-state index in [4.69, 9.17) is 11.6 Å². The topological polar surface area (TPSA) is 71.4 Å². The van der Waals surface area contributed by atoms with Gasteiger partial charge in [0.1, 0.15) is 5.69 Å². The van der Waals surface area contributed by atoms with E-state index in [0.717, 1.165) is 17.9 Å². The Morgan fingerprint density at radius 1 is 1.56 bits per heavy atom. The van der Waals surface area contributed by atoms with Crippen LogP contribution in [0.15, 0.2) is 12.4 Å². The van der Waals surface area contributed by atoms with Crippen LogP contribution in [0.25, 0.3) is 0 Å². The molecule has 2 heterocycles. The van der Waals surface area contributed by atoms with Crippen LogP contribution in [-0.2, 0) is 6.54 Å². The van der Waals surface area contributed by atoms with Gasteiger partial charge in [-0.2, -0.15) is 20.5 Å². The van der Waals surface area contributed by atoms with Crippen LogP contribution in [0.1, 0.15) is 24.4 Å². The summed E-state index contributed by atoms with van der Waals surface area (Å²) in [5, 5.41) is 18.4. The summed E-state index contributed by atoms with van der Waals surface area (Å²) >= 11 is 6.13. The molecule has 0 aromatic carbocycles. The van der Waals surface area contributed by atoms with Crippen molar-refractivity contribution in [3.63, 3.8) is 0 Å². The standard InChI is InChI=1S/C9H13ClN6/c1-3-16-9(6(10)4-13-16)8(11-2)7-5-12-15-14-7/h4-5,8,11H,3H2,1-2H3,(H,12,14,15). The predicted octanol–water partition coefficient (Wildman–Crippen LogP) is 0.983. The molecule has 0 fully saturated rings. The fraction of sp³-hybridized carbons (Fsp3) is 0.444. The summed E-state index contributed by atoms with van der Waals surface area (Å²) in [5.41, 5.74) is 1.69. The van der Waals surface area contributed by atoms with Crippen LogP contribution in [0.5, 0.6) is 0 Å². The second-order valence-corrected chi connectivity index (χ2v) is 3.72. The van der Waals surface area contributed by atoms with E-state index < -0.39 is 0 Å². The second-order valence-electron chi connectivity index (χ2n) is 3.31. The van der Waals surface area contributed by atoms with Gasteiger partial charge in [0, 0.05) is 6.54 Å². The van der Waals surface area contributed by atoms with Gasteiger partial charge >= 0.3 is 0 Å². The number of hydrogen-bond donors (Lipinski definition) is 2. The zero-order valence-corrected chi connectivity index (χ0v) is 9.86. The Bertz CT molecular complexity index is 449. The van der Waals surface area contributed by atoms with Crippen LogP contribution >= 0.6 is 11.6 Å². The van der Waals surface area contributed by atoms with Crippen LogP contribution in [-0.4, -0.2) is 32.2 Å². The first-order valence-corrected chi connectivity index (χ1v) is 5.39. The maximum atomic E-state index is 6.13. The molecule has 0 radical (unpaired) electrons. The molecule has 0 aliphatic heterocycles. The van der Waals surface area contributed by atoms with Crippen LogP contribution < -0.4 is 5.32 Å². The van der Waals surface area contributed by atoms with Crippen molar-refractivity contribution in [3.05, 3.63) is 28.8 Å². The van der Waals surface area contributed by atoms with Crippen LogP contribution in [0.4, 0.5) is 0 Å². The zero-order valence-electron chi connectivity index (χ0n) is 9.11. The molecule has 1 unspecified atom stereocenters. The van der Waals surface area contributed by atoms with Crippen molar-refractivity contribution in [1.82, 2.24) is 30.5 Å². The fourth-order valence-electron chi connectivity index (χ4n) is 1.69. The third-order valence-electron chi connectivity index (χ3n) is 2.42. The van der Waals surface area contributed by atoms with Gasteiger partial charge in [0.2, 0.25) is 0 Å². The summed E-state index contributed by atoms with van der Waals surface area (Å²) in [6, 6.07) is -0.103. The largest absolute Gasteiger partial charge is 0.307 e. The Balaban J connectivity index is 2.44. The van der Waals surface area contributed by atoms with Gasteiger partial charge in [0.15, 0.2) is 0 Å². The van der Waals surface area contributed by atoms with Crippen molar-refractivity contribution in [2.24, 2.45) is 0 Å². The molecule has 0 aliphatic carbocycles. The van der Waals surface area contributed by atoms with E-state index in [-0.39, 0.29) is 6.04 Å². The number of nitrogens with one attached hydrogen (secondary N) is 2. The maximum Gasteiger partial charge on any atom is 0.106 e. The predicted molar refractivity (Wildman–Crippen MR) is 60.2 cm³/mol. The Morgan fingerprint density at radius 3 is 2.94 bits per heavy atom. The Labute approximate surface area is 98.0 Å². The lowest BCUT2D eigenvalue weighted by molar-refractivity contribution is 0.555. The third-order valence-corrected chi connectivity index (χ3v) is 2.72. The van der Waals surface area contributed by atoms with Crippen molar-refractivity contribution in [2.75, 3.05) is 7.05 Å². The summed E-state index contributed by atoms with van der Waals surface area (Å²) in [4.78, 5) is 0. The Hall–Kier alpha value is -1.40. The Morgan fingerprint density at radius 2 is 2.38 bits per heavy atom. The molecular weight excluding hydrogens is 228 g/mol. The highest BCUT2D eigenvalue weighted by atomic mass is 35.5. The van der Waals surface area contributed by atoms with Crippen LogP contribution in [0, 0.1) is 0 Å². The van der Waals surface area contributed by atoms with E-state index in [9.17, 15) is 0 Å². The van der Waals surface area contributed by atoms with Gasteiger partial charge in [-0.05, 0) is 14.0 Å². The number of hydrogen-bond acceptors (Lipinski definition) is 4. The van der Waals surface area contributed by atoms with Crippen molar-refractivity contribution in [2.45, 2.75) is 19.5 Å². The molecule has 6 nitrogen and oxygen atoms in total. The number of halogens is 1. The first-order valence-electron chi connectivity index (χ1n) is 5.02.